The van der Waals surface area contributed by atoms with Crippen LogP contribution in [0.5, 0.6) is 5.75 Å². The lowest BCUT2D eigenvalue weighted by atomic mass is 10.2. The molecule has 3 rings (SSSR count). The van der Waals surface area contributed by atoms with E-state index in [1.165, 1.54) is 7.11 Å². The Morgan fingerprint density at radius 1 is 1.19 bits per heavy atom. The van der Waals surface area contributed by atoms with Crippen molar-refractivity contribution in [2.24, 2.45) is 0 Å². The van der Waals surface area contributed by atoms with Crippen LogP contribution < -0.4 is 10.1 Å². The summed E-state index contributed by atoms with van der Waals surface area (Å²) in [4.78, 5) is 12.2. The van der Waals surface area contributed by atoms with E-state index < -0.39 is 0 Å². The zero-order chi connectivity index (χ0) is 14.7. The number of amides is 1. The molecule has 0 saturated carbocycles. The Balaban J connectivity index is 1.77. The molecule has 106 valence electrons. The van der Waals surface area contributed by atoms with Gasteiger partial charge in [-0.1, -0.05) is 18.2 Å². The molecule has 21 heavy (non-hydrogen) atoms. The van der Waals surface area contributed by atoms with Gasteiger partial charge >= 0.3 is 0 Å². The molecule has 0 aliphatic heterocycles. The first-order valence-electron chi connectivity index (χ1n) is 6.49. The number of aromatic nitrogens is 3. The van der Waals surface area contributed by atoms with E-state index in [0.29, 0.717) is 23.7 Å². The Morgan fingerprint density at radius 2 is 2.00 bits per heavy atom. The van der Waals surface area contributed by atoms with Gasteiger partial charge in [-0.15, -0.1) is 10.2 Å². The molecule has 0 bridgehead atoms. The maximum Gasteiger partial charge on any atom is 0.255 e. The van der Waals surface area contributed by atoms with Gasteiger partial charge in [0, 0.05) is 6.20 Å². The fourth-order valence-corrected chi connectivity index (χ4v) is 2.10. The number of para-hydroxylation sites is 1. The Labute approximate surface area is 121 Å². The predicted octanol–water partition coefficient (Wildman–Crippen LogP) is 1.67. The van der Waals surface area contributed by atoms with Gasteiger partial charge < -0.3 is 10.1 Å². The molecule has 0 aliphatic rings. The van der Waals surface area contributed by atoms with Crippen molar-refractivity contribution in [2.45, 2.75) is 6.54 Å². The number of methoxy groups -OCH3 is 1. The maximum absolute atomic E-state index is 12.2. The topological polar surface area (TPSA) is 68.5 Å². The van der Waals surface area contributed by atoms with E-state index in [-0.39, 0.29) is 5.91 Å². The van der Waals surface area contributed by atoms with Gasteiger partial charge in [-0.25, -0.2) is 0 Å². The third kappa shape index (κ3) is 2.55. The SMILES string of the molecule is COc1ccccc1C(=O)NCc1nnc2ccccn12. The van der Waals surface area contributed by atoms with Crippen LogP contribution in [0.25, 0.3) is 5.65 Å². The monoisotopic (exact) mass is 282 g/mol. The van der Waals surface area contributed by atoms with Crippen molar-refractivity contribution < 1.29 is 9.53 Å². The molecule has 6 nitrogen and oxygen atoms in total. The molecule has 1 N–H and O–H groups in total. The Morgan fingerprint density at radius 3 is 2.86 bits per heavy atom. The van der Waals surface area contributed by atoms with Crippen molar-refractivity contribution in [3.8, 4) is 5.75 Å². The van der Waals surface area contributed by atoms with Crippen LogP contribution >= 0.6 is 0 Å². The number of ether oxygens (including phenoxy) is 1. The summed E-state index contributed by atoms with van der Waals surface area (Å²) in [5, 5.41) is 10.9. The van der Waals surface area contributed by atoms with Crippen LogP contribution in [-0.4, -0.2) is 27.6 Å². The molecule has 0 spiro atoms. The summed E-state index contributed by atoms with van der Waals surface area (Å²) in [6, 6.07) is 12.7. The summed E-state index contributed by atoms with van der Waals surface area (Å²) in [5.41, 5.74) is 1.24. The largest absolute Gasteiger partial charge is 0.496 e. The van der Waals surface area contributed by atoms with E-state index in [0.717, 1.165) is 5.65 Å². The first kappa shape index (κ1) is 13.1. The first-order valence-corrected chi connectivity index (χ1v) is 6.49. The second kappa shape index (κ2) is 5.62. The van der Waals surface area contributed by atoms with Gasteiger partial charge in [0.15, 0.2) is 11.5 Å². The molecule has 0 unspecified atom stereocenters. The minimum atomic E-state index is -0.208. The number of rotatable bonds is 4. The molecule has 3 aromatic rings. The van der Waals surface area contributed by atoms with Gasteiger partial charge in [0.1, 0.15) is 5.75 Å². The molecule has 6 heteroatoms. The van der Waals surface area contributed by atoms with Crippen LogP contribution in [0.4, 0.5) is 0 Å². The number of hydrogen-bond acceptors (Lipinski definition) is 4. The van der Waals surface area contributed by atoms with Gasteiger partial charge in [0.05, 0.1) is 19.2 Å². The van der Waals surface area contributed by atoms with Crippen LogP contribution in [0.1, 0.15) is 16.2 Å². The number of pyridine rings is 1. The quantitative estimate of drug-likeness (QED) is 0.790. The van der Waals surface area contributed by atoms with Gasteiger partial charge in [0.25, 0.3) is 5.91 Å². The lowest BCUT2D eigenvalue weighted by Gasteiger charge is -2.08. The highest BCUT2D eigenvalue weighted by Crippen LogP contribution is 2.16. The smallest absolute Gasteiger partial charge is 0.255 e. The molecule has 0 fully saturated rings. The van der Waals surface area contributed by atoms with Gasteiger partial charge in [-0.3, -0.25) is 9.20 Å². The van der Waals surface area contributed by atoms with Crippen molar-refractivity contribution in [1.29, 1.82) is 0 Å². The predicted molar refractivity (Wildman–Crippen MR) is 77.2 cm³/mol. The third-order valence-corrected chi connectivity index (χ3v) is 3.14. The van der Waals surface area contributed by atoms with Crippen molar-refractivity contribution in [1.82, 2.24) is 19.9 Å². The lowest BCUT2D eigenvalue weighted by molar-refractivity contribution is 0.0946. The normalized spacial score (nSPS) is 10.5. The summed E-state index contributed by atoms with van der Waals surface area (Å²) < 4.78 is 7.02. The lowest BCUT2D eigenvalue weighted by Crippen LogP contribution is -2.24. The highest BCUT2D eigenvalue weighted by atomic mass is 16.5. The number of carbonyl (C=O) groups is 1. The Bertz CT molecular complexity index is 782. The fourth-order valence-electron chi connectivity index (χ4n) is 2.10. The van der Waals surface area contributed by atoms with Crippen molar-refractivity contribution in [2.75, 3.05) is 7.11 Å². The van der Waals surface area contributed by atoms with E-state index in [9.17, 15) is 4.79 Å². The second-order valence-corrected chi connectivity index (χ2v) is 4.43. The number of nitrogens with one attached hydrogen (secondary N) is 1. The Kier molecular flexibility index (Phi) is 3.51. The Hall–Kier alpha value is -2.89. The molecule has 2 aromatic heterocycles. The molecule has 0 aliphatic carbocycles. The first-order chi connectivity index (χ1) is 10.3. The summed E-state index contributed by atoms with van der Waals surface area (Å²) in [5.74, 6) is 1.01. The summed E-state index contributed by atoms with van der Waals surface area (Å²) in [7, 11) is 1.54. The molecule has 1 amide bonds. The number of carbonyl (C=O) groups excluding carboxylic acids is 1. The summed E-state index contributed by atoms with van der Waals surface area (Å²) in [6.45, 7) is 0.294. The molecule has 0 atom stereocenters. The highest BCUT2D eigenvalue weighted by Gasteiger charge is 2.12. The zero-order valence-corrected chi connectivity index (χ0v) is 11.5. The molecular formula is C15H14N4O2. The number of nitrogens with zero attached hydrogens (tertiary/aromatic N) is 3. The van der Waals surface area contributed by atoms with Crippen molar-refractivity contribution in [3.05, 3.63) is 60.0 Å². The van der Waals surface area contributed by atoms with E-state index >= 15 is 0 Å². The van der Waals surface area contributed by atoms with E-state index in [1.54, 1.807) is 18.2 Å². The van der Waals surface area contributed by atoms with Crippen LogP contribution in [0, 0.1) is 0 Å². The van der Waals surface area contributed by atoms with Crippen LogP contribution in [-0.2, 0) is 6.54 Å². The van der Waals surface area contributed by atoms with E-state index in [4.69, 9.17) is 4.74 Å². The standard InChI is InChI=1S/C15H14N4O2/c1-21-12-7-3-2-6-11(12)15(20)16-10-14-18-17-13-8-4-5-9-19(13)14/h2-9H,10H2,1H3,(H,16,20). The van der Waals surface area contributed by atoms with Gasteiger partial charge in [-0.05, 0) is 24.3 Å². The molecule has 2 heterocycles. The minimum Gasteiger partial charge on any atom is -0.496 e. The molecular weight excluding hydrogens is 268 g/mol. The van der Waals surface area contributed by atoms with Crippen LogP contribution in [0.2, 0.25) is 0 Å². The van der Waals surface area contributed by atoms with Crippen molar-refractivity contribution in [3.63, 3.8) is 0 Å². The number of benzene rings is 1. The summed E-state index contributed by atoms with van der Waals surface area (Å²) >= 11 is 0. The second-order valence-electron chi connectivity index (χ2n) is 4.43. The average Bonchev–Trinajstić information content (AvgIpc) is 2.96. The third-order valence-electron chi connectivity index (χ3n) is 3.14. The highest BCUT2D eigenvalue weighted by molar-refractivity contribution is 5.96. The van der Waals surface area contributed by atoms with Crippen LogP contribution in [0.15, 0.2) is 48.7 Å². The number of fused-ring (bicyclic) bond motifs is 1. The van der Waals surface area contributed by atoms with E-state index in [1.807, 2.05) is 34.9 Å². The van der Waals surface area contributed by atoms with E-state index in [2.05, 4.69) is 15.5 Å². The van der Waals surface area contributed by atoms with Gasteiger partial charge in [-0.2, -0.15) is 0 Å². The number of hydrogen-bond donors (Lipinski definition) is 1. The molecule has 0 radical (unpaired) electrons. The summed E-state index contributed by atoms with van der Waals surface area (Å²) in [6.07, 6.45) is 1.86. The van der Waals surface area contributed by atoms with Crippen molar-refractivity contribution >= 4 is 11.6 Å². The van der Waals surface area contributed by atoms with Gasteiger partial charge in [0.2, 0.25) is 0 Å². The fraction of sp³-hybridized carbons (Fsp3) is 0.133. The minimum absolute atomic E-state index is 0.208. The zero-order valence-electron chi connectivity index (χ0n) is 11.5. The van der Waals surface area contributed by atoms with Crippen LogP contribution in [0.3, 0.4) is 0 Å². The maximum atomic E-state index is 12.2. The molecule has 1 aromatic carbocycles. The molecule has 0 saturated heterocycles. The average molecular weight is 282 g/mol.